The van der Waals surface area contributed by atoms with Crippen LogP contribution >= 0.6 is 0 Å². The Morgan fingerprint density at radius 1 is 0.621 bits per heavy atom. The number of rotatable bonds is 2. The lowest BCUT2D eigenvalue weighted by molar-refractivity contribution is -0.156. The first-order chi connectivity index (χ1) is 13.5. The summed E-state index contributed by atoms with van der Waals surface area (Å²) in [5.41, 5.74) is 13.7. The van der Waals surface area contributed by atoms with Crippen molar-refractivity contribution in [2.75, 3.05) is 22.1 Å². The number of hydrogen-bond donors (Lipinski definition) is 4. The van der Waals surface area contributed by atoms with Gasteiger partial charge in [0.15, 0.2) is 0 Å². The number of ether oxygens (including phenoxy) is 1. The summed E-state index contributed by atoms with van der Waals surface area (Å²) in [4.78, 5) is 41.0. The van der Waals surface area contributed by atoms with Crippen LogP contribution in [0.5, 0.6) is 0 Å². The summed E-state index contributed by atoms with van der Waals surface area (Å²) in [5.74, 6) is -1.35. The van der Waals surface area contributed by atoms with Crippen molar-refractivity contribution in [2.45, 2.75) is 27.7 Å². The van der Waals surface area contributed by atoms with E-state index in [0.717, 1.165) is 11.4 Å². The number of nitrogens with two attached hydrogens (primary N) is 2. The molecule has 0 aliphatic rings. The fourth-order valence-corrected chi connectivity index (χ4v) is 1.74. The Bertz CT molecular complexity index is 750. The molecule has 9 heteroatoms. The van der Waals surface area contributed by atoms with E-state index >= 15 is 0 Å². The second-order valence-electron chi connectivity index (χ2n) is 5.69. The summed E-state index contributed by atoms with van der Waals surface area (Å²) in [6.45, 7) is 5.26. The van der Waals surface area contributed by atoms with Crippen molar-refractivity contribution in [2.24, 2.45) is 0 Å². The second-order valence-corrected chi connectivity index (χ2v) is 5.69. The Morgan fingerprint density at radius 2 is 0.897 bits per heavy atom. The van der Waals surface area contributed by atoms with Crippen molar-refractivity contribution in [1.82, 2.24) is 0 Å². The van der Waals surface area contributed by atoms with Crippen LogP contribution in [0.3, 0.4) is 0 Å². The van der Waals surface area contributed by atoms with Crippen LogP contribution in [0, 0.1) is 0 Å². The van der Waals surface area contributed by atoms with Gasteiger partial charge < -0.3 is 26.8 Å². The van der Waals surface area contributed by atoms with Crippen LogP contribution in [-0.4, -0.2) is 23.8 Å². The number of amides is 2. The molecule has 2 rings (SSSR count). The normalized spacial score (nSPS) is 8.83. The zero-order chi connectivity index (χ0) is 22.4. The molecule has 2 aromatic rings. The van der Waals surface area contributed by atoms with Gasteiger partial charge in [-0.05, 0) is 48.5 Å². The number of benzene rings is 2. The van der Waals surface area contributed by atoms with E-state index in [-0.39, 0.29) is 11.8 Å². The molecule has 0 aliphatic carbocycles. The van der Waals surface area contributed by atoms with E-state index < -0.39 is 11.9 Å². The monoisotopic (exact) mass is 402 g/mol. The minimum Gasteiger partial charge on any atom is -0.399 e. The Labute approximate surface area is 169 Å². The third kappa shape index (κ3) is 14.9. The predicted octanol–water partition coefficient (Wildman–Crippen LogP) is 2.55. The molecule has 0 unspecified atom stereocenters. The summed E-state index contributed by atoms with van der Waals surface area (Å²) in [5, 5.41) is 5.27. The highest BCUT2D eigenvalue weighted by molar-refractivity contribution is 5.91. The topological polar surface area (TPSA) is 154 Å². The summed E-state index contributed by atoms with van der Waals surface area (Å²) in [7, 11) is 0. The van der Waals surface area contributed by atoms with Crippen LogP contribution in [0.2, 0.25) is 0 Å². The van der Waals surface area contributed by atoms with E-state index in [0.29, 0.717) is 11.4 Å². The largest absolute Gasteiger partial charge is 0.399 e. The molecule has 156 valence electrons. The van der Waals surface area contributed by atoms with Gasteiger partial charge in [-0.3, -0.25) is 19.2 Å². The fraction of sp³-hybridized carbons (Fsp3) is 0.200. The third-order valence-electron chi connectivity index (χ3n) is 2.75. The average molecular weight is 402 g/mol. The molecule has 0 saturated heterocycles. The van der Waals surface area contributed by atoms with E-state index in [9.17, 15) is 19.2 Å². The average Bonchev–Trinajstić information content (AvgIpc) is 2.58. The van der Waals surface area contributed by atoms with Gasteiger partial charge in [-0.25, -0.2) is 0 Å². The van der Waals surface area contributed by atoms with Crippen molar-refractivity contribution < 1.29 is 23.9 Å². The molecule has 29 heavy (non-hydrogen) atoms. The molecular formula is C20H26N4O5. The lowest BCUT2D eigenvalue weighted by Crippen LogP contribution is -2.07. The maximum Gasteiger partial charge on any atom is 0.310 e. The summed E-state index contributed by atoms with van der Waals surface area (Å²) in [6, 6.07) is 14.0. The fourth-order valence-electron chi connectivity index (χ4n) is 1.74. The zero-order valence-corrected chi connectivity index (χ0v) is 16.8. The lowest BCUT2D eigenvalue weighted by atomic mass is 10.3. The van der Waals surface area contributed by atoms with Gasteiger partial charge in [0, 0.05) is 50.4 Å². The van der Waals surface area contributed by atoms with Gasteiger partial charge in [0.05, 0.1) is 0 Å². The number of carbonyl (C=O) groups excluding carboxylic acids is 4. The van der Waals surface area contributed by atoms with Crippen molar-refractivity contribution in [3.63, 3.8) is 0 Å². The van der Waals surface area contributed by atoms with E-state index in [1.54, 1.807) is 48.5 Å². The summed E-state index contributed by atoms with van der Waals surface area (Å²) in [6.07, 6.45) is 0. The molecular weight excluding hydrogens is 376 g/mol. The van der Waals surface area contributed by atoms with Gasteiger partial charge in [-0.15, -0.1) is 0 Å². The van der Waals surface area contributed by atoms with Crippen LogP contribution in [-0.2, 0) is 23.9 Å². The SMILES string of the molecule is CC(=O)Nc1ccc(NC(C)=O)cc1.CC(=O)OC(C)=O.Nc1ccc(N)cc1. The molecule has 2 amide bonds. The molecule has 0 aliphatic heterocycles. The summed E-state index contributed by atoms with van der Waals surface area (Å²) >= 11 is 0. The molecule has 0 fully saturated rings. The summed E-state index contributed by atoms with van der Waals surface area (Å²) < 4.78 is 3.97. The first-order valence-electron chi connectivity index (χ1n) is 8.44. The number of hydrogen-bond acceptors (Lipinski definition) is 7. The predicted molar refractivity (Wildman–Crippen MR) is 113 cm³/mol. The van der Waals surface area contributed by atoms with E-state index in [4.69, 9.17) is 11.5 Å². The Hall–Kier alpha value is -3.88. The minimum atomic E-state index is -0.562. The molecule has 9 nitrogen and oxygen atoms in total. The van der Waals surface area contributed by atoms with Crippen molar-refractivity contribution in [3.8, 4) is 0 Å². The number of nitrogen functional groups attached to an aromatic ring is 2. The highest BCUT2D eigenvalue weighted by Gasteiger charge is 1.97. The van der Waals surface area contributed by atoms with Gasteiger partial charge in [0.1, 0.15) is 0 Å². The first-order valence-corrected chi connectivity index (χ1v) is 8.44. The molecule has 0 atom stereocenters. The van der Waals surface area contributed by atoms with Crippen LogP contribution in [0.4, 0.5) is 22.7 Å². The highest BCUT2D eigenvalue weighted by Crippen LogP contribution is 2.13. The number of anilines is 4. The van der Waals surface area contributed by atoms with E-state index in [2.05, 4.69) is 15.4 Å². The molecule has 0 spiro atoms. The minimum absolute atomic E-state index is 0.114. The molecule has 6 N–H and O–H groups in total. The molecule has 0 bridgehead atoms. The van der Waals surface area contributed by atoms with Gasteiger partial charge in [-0.1, -0.05) is 0 Å². The second kappa shape index (κ2) is 13.3. The maximum absolute atomic E-state index is 10.7. The Kier molecular flexibility index (Phi) is 11.5. The van der Waals surface area contributed by atoms with Crippen molar-refractivity contribution in [3.05, 3.63) is 48.5 Å². The third-order valence-corrected chi connectivity index (χ3v) is 2.75. The highest BCUT2D eigenvalue weighted by atomic mass is 16.6. The van der Waals surface area contributed by atoms with Crippen molar-refractivity contribution >= 4 is 46.5 Å². The quantitative estimate of drug-likeness (QED) is 0.342. The molecule has 0 aromatic heterocycles. The molecule has 2 aromatic carbocycles. The smallest absolute Gasteiger partial charge is 0.310 e. The zero-order valence-electron chi connectivity index (χ0n) is 16.8. The Balaban J connectivity index is 0.000000444. The molecule has 0 heterocycles. The first kappa shape index (κ1) is 25.1. The van der Waals surface area contributed by atoms with Gasteiger partial charge in [0.2, 0.25) is 11.8 Å². The Morgan fingerprint density at radius 3 is 1.07 bits per heavy atom. The standard InChI is InChI=1S/C10H12N2O2.C6H8N2.C4H6O3/c1-7(13)11-9-3-5-10(6-4-9)12-8(2)14;7-5-1-2-6(8)4-3-5;1-3(5)7-4(2)6/h3-6H,1-2H3,(H,11,13)(H,12,14);1-4H,7-8H2;1-2H3. The number of nitrogens with one attached hydrogen (secondary N) is 2. The molecule has 0 radical (unpaired) electrons. The number of esters is 2. The van der Waals surface area contributed by atoms with Crippen LogP contribution in [0.25, 0.3) is 0 Å². The van der Waals surface area contributed by atoms with Crippen LogP contribution < -0.4 is 22.1 Å². The van der Waals surface area contributed by atoms with E-state index in [1.807, 2.05) is 0 Å². The van der Waals surface area contributed by atoms with Crippen LogP contribution in [0.15, 0.2) is 48.5 Å². The maximum atomic E-state index is 10.7. The van der Waals surface area contributed by atoms with Crippen molar-refractivity contribution in [1.29, 1.82) is 0 Å². The van der Waals surface area contributed by atoms with Crippen LogP contribution in [0.1, 0.15) is 27.7 Å². The number of carbonyl (C=O) groups is 4. The van der Waals surface area contributed by atoms with Gasteiger partial charge in [0.25, 0.3) is 0 Å². The van der Waals surface area contributed by atoms with Gasteiger partial charge >= 0.3 is 11.9 Å². The lowest BCUT2D eigenvalue weighted by Gasteiger charge is -2.04. The van der Waals surface area contributed by atoms with E-state index in [1.165, 1.54) is 27.7 Å². The molecule has 0 saturated carbocycles. The van der Waals surface area contributed by atoms with Gasteiger partial charge in [-0.2, -0.15) is 0 Å².